The molecule has 31 heavy (non-hydrogen) atoms. The minimum absolute atomic E-state index is 0.0131. The highest BCUT2D eigenvalue weighted by atomic mass is 35.5. The predicted molar refractivity (Wildman–Crippen MR) is 119 cm³/mol. The quantitative estimate of drug-likeness (QED) is 0.675. The summed E-state index contributed by atoms with van der Waals surface area (Å²) < 4.78 is 13.3. The maximum Gasteiger partial charge on any atom is 0.246 e. The first-order chi connectivity index (χ1) is 14.8. The highest BCUT2D eigenvalue weighted by Crippen LogP contribution is 2.18. The molecule has 1 N–H and O–H groups in total. The maximum atomic E-state index is 13.3. The van der Waals surface area contributed by atoms with Crippen molar-refractivity contribution >= 4 is 29.5 Å². The summed E-state index contributed by atoms with van der Waals surface area (Å²) in [6.45, 7) is 6.67. The van der Waals surface area contributed by atoms with E-state index in [1.54, 1.807) is 17.0 Å². The number of aliphatic hydroxyl groups excluding tert-OH is 1. The lowest BCUT2D eigenvalue weighted by Crippen LogP contribution is -2.44. The van der Waals surface area contributed by atoms with E-state index in [4.69, 9.17) is 11.6 Å². The second-order valence-electron chi connectivity index (χ2n) is 8.45. The van der Waals surface area contributed by atoms with Crippen LogP contribution >= 0.6 is 11.6 Å². The Morgan fingerprint density at radius 3 is 2.81 bits per heavy atom. The van der Waals surface area contributed by atoms with Crippen molar-refractivity contribution < 1.29 is 19.1 Å². The molecular formula is C23H31ClFN3O3. The lowest BCUT2D eigenvalue weighted by Gasteiger charge is -2.34. The number of rotatable bonds is 6. The lowest BCUT2D eigenvalue weighted by molar-refractivity contribution is -0.130. The SMILES string of the molecule is C[C@@H]1CCN(CCCN2CCN(C(=O)C=Cc3ccc(F)c(Cl)c3)CCC2=O)C[C@@H]1O. The number of hydrogen-bond acceptors (Lipinski definition) is 4. The van der Waals surface area contributed by atoms with Crippen molar-refractivity contribution in [3.05, 3.63) is 40.7 Å². The molecule has 170 valence electrons. The van der Waals surface area contributed by atoms with Crippen molar-refractivity contribution in [2.75, 3.05) is 45.8 Å². The third kappa shape index (κ3) is 6.76. The van der Waals surface area contributed by atoms with Gasteiger partial charge in [-0.25, -0.2) is 4.39 Å². The first-order valence-electron chi connectivity index (χ1n) is 10.9. The molecule has 1 aromatic carbocycles. The van der Waals surface area contributed by atoms with Crippen LogP contribution in [0.5, 0.6) is 0 Å². The van der Waals surface area contributed by atoms with Crippen LogP contribution in [0.3, 0.4) is 0 Å². The number of aliphatic hydroxyl groups is 1. The van der Waals surface area contributed by atoms with Crippen molar-refractivity contribution in [3.63, 3.8) is 0 Å². The number of nitrogens with zero attached hydrogens (tertiary/aromatic N) is 3. The summed E-state index contributed by atoms with van der Waals surface area (Å²) in [6.07, 6.45) is 4.93. The van der Waals surface area contributed by atoms with Crippen LogP contribution in [-0.2, 0) is 9.59 Å². The topological polar surface area (TPSA) is 64.1 Å². The van der Waals surface area contributed by atoms with Gasteiger partial charge in [0.25, 0.3) is 0 Å². The Morgan fingerprint density at radius 2 is 2.06 bits per heavy atom. The Bertz CT molecular complexity index is 819. The highest BCUT2D eigenvalue weighted by molar-refractivity contribution is 6.30. The number of halogens is 2. The first-order valence-corrected chi connectivity index (χ1v) is 11.3. The second-order valence-corrected chi connectivity index (χ2v) is 8.86. The number of β-amino-alcohol motifs (C(OH)–C–C–N with tert-alkyl or cyclic N) is 1. The minimum atomic E-state index is -0.498. The molecule has 2 amide bonds. The third-order valence-corrected chi connectivity index (χ3v) is 6.46. The number of amides is 2. The van der Waals surface area contributed by atoms with E-state index in [0.29, 0.717) is 50.6 Å². The first kappa shape index (κ1) is 23.7. The van der Waals surface area contributed by atoms with Gasteiger partial charge in [0.1, 0.15) is 5.82 Å². The standard InChI is InChI=1S/C23H31ClFN3O3/c1-17-7-11-26(16-21(17)29)9-2-10-27-13-14-28(12-8-23(27)31)22(30)6-4-18-3-5-20(25)19(24)15-18/h3-6,15,17,21,29H,2,7-14,16H2,1H3/t17-,21+/m1/s1. The number of hydrogen-bond donors (Lipinski definition) is 1. The van der Waals surface area contributed by atoms with Gasteiger partial charge < -0.3 is 19.8 Å². The van der Waals surface area contributed by atoms with Gasteiger partial charge in [0.2, 0.25) is 11.8 Å². The van der Waals surface area contributed by atoms with Gasteiger partial charge in [0, 0.05) is 45.2 Å². The van der Waals surface area contributed by atoms with Gasteiger partial charge >= 0.3 is 0 Å². The fourth-order valence-corrected chi connectivity index (χ4v) is 4.20. The zero-order valence-corrected chi connectivity index (χ0v) is 18.7. The molecule has 2 heterocycles. The molecule has 2 aliphatic heterocycles. The summed E-state index contributed by atoms with van der Waals surface area (Å²) >= 11 is 5.77. The van der Waals surface area contributed by atoms with Crippen molar-refractivity contribution in [3.8, 4) is 0 Å². The zero-order valence-electron chi connectivity index (χ0n) is 18.0. The Labute approximate surface area is 188 Å². The lowest BCUT2D eigenvalue weighted by atomic mass is 9.96. The number of benzene rings is 1. The van der Waals surface area contributed by atoms with Crippen LogP contribution in [0.2, 0.25) is 5.02 Å². The molecule has 2 fully saturated rings. The van der Waals surface area contributed by atoms with E-state index in [0.717, 1.165) is 25.9 Å². The molecule has 8 heteroatoms. The maximum absolute atomic E-state index is 13.3. The van der Waals surface area contributed by atoms with Crippen molar-refractivity contribution in [1.29, 1.82) is 0 Å². The average molecular weight is 452 g/mol. The average Bonchev–Trinajstić information content (AvgIpc) is 2.93. The fourth-order valence-electron chi connectivity index (χ4n) is 4.02. The summed E-state index contributed by atoms with van der Waals surface area (Å²) in [6, 6.07) is 4.29. The van der Waals surface area contributed by atoms with Crippen molar-refractivity contribution in [1.82, 2.24) is 14.7 Å². The van der Waals surface area contributed by atoms with Gasteiger partial charge in [-0.3, -0.25) is 9.59 Å². The van der Waals surface area contributed by atoms with Gasteiger partial charge in [0.15, 0.2) is 0 Å². The summed E-state index contributed by atoms with van der Waals surface area (Å²) in [7, 11) is 0. The zero-order chi connectivity index (χ0) is 22.4. The van der Waals surface area contributed by atoms with E-state index in [9.17, 15) is 19.1 Å². The van der Waals surface area contributed by atoms with E-state index in [-0.39, 0.29) is 22.9 Å². The molecule has 0 bridgehead atoms. The molecule has 0 saturated carbocycles. The van der Waals surface area contributed by atoms with Crippen molar-refractivity contribution in [2.45, 2.75) is 32.3 Å². The molecule has 6 nitrogen and oxygen atoms in total. The van der Waals surface area contributed by atoms with E-state index >= 15 is 0 Å². The predicted octanol–water partition coefficient (Wildman–Crippen LogP) is 2.65. The van der Waals surface area contributed by atoms with Crippen LogP contribution in [0.15, 0.2) is 24.3 Å². The van der Waals surface area contributed by atoms with Gasteiger partial charge in [-0.15, -0.1) is 0 Å². The molecule has 0 unspecified atom stereocenters. The Hall–Kier alpha value is -1.96. The van der Waals surface area contributed by atoms with Gasteiger partial charge in [-0.1, -0.05) is 24.6 Å². The second kappa shape index (κ2) is 11.1. The van der Waals surface area contributed by atoms with Gasteiger partial charge in [-0.2, -0.15) is 0 Å². The van der Waals surface area contributed by atoms with Crippen LogP contribution in [-0.4, -0.2) is 83.5 Å². The van der Waals surface area contributed by atoms with E-state index in [1.807, 2.05) is 4.90 Å². The highest BCUT2D eigenvalue weighted by Gasteiger charge is 2.25. The minimum Gasteiger partial charge on any atom is -0.392 e. The molecule has 0 spiro atoms. The molecule has 0 radical (unpaired) electrons. The van der Waals surface area contributed by atoms with Crippen LogP contribution in [0.1, 0.15) is 31.7 Å². The van der Waals surface area contributed by atoms with Gasteiger partial charge in [0.05, 0.1) is 11.1 Å². The molecule has 2 atom stereocenters. The van der Waals surface area contributed by atoms with Gasteiger partial charge in [-0.05, 0) is 55.6 Å². The number of carbonyl (C=O) groups excluding carboxylic acids is 2. The smallest absolute Gasteiger partial charge is 0.246 e. The Balaban J connectivity index is 1.45. The largest absolute Gasteiger partial charge is 0.392 e. The van der Waals surface area contributed by atoms with E-state index in [1.165, 1.54) is 18.2 Å². The number of piperidine rings is 1. The molecule has 1 aromatic rings. The van der Waals surface area contributed by atoms with E-state index in [2.05, 4.69) is 11.8 Å². The molecule has 3 rings (SSSR count). The summed E-state index contributed by atoms with van der Waals surface area (Å²) in [5, 5.41) is 10.0. The van der Waals surface area contributed by atoms with Crippen LogP contribution in [0.4, 0.5) is 4.39 Å². The molecule has 2 aliphatic rings. The normalized spacial score (nSPS) is 23.4. The number of carbonyl (C=O) groups is 2. The Kier molecular flexibility index (Phi) is 8.46. The van der Waals surface area contributed by atoms with Crippen LogP contribution in [0.25, 0.3) is 6.08 Å². The molecular weight excluding hydrogens is 421 g/mol. The number of likely N-dealkylation sites (tertiary alicyclic amines) is 1. The molecule has 2 saturated heterocycles. The van der Waals surface area contributed by atoms with Crippen LogP contribution < -0.4 is 0 Å². The Morgan fingerprint density at radius 1 is 1.26 bits per heavy atom. The molecule has 0 aromatic heterocycles. The van der Waals surface area contributed by atoms with Crippen molar-refractivity contribution in [2.24, 2.45) is 5.92 Å². The third-order valence-electron chi connectivity index (χ3n) is 6.17. The summed E-state index contributed by atoms with van der Waals surface area (Å²) in [5.41, 5.74) is 0.643. The monoisotopic (exact) mass is 451 g/mol. The van der Waals surface area contributed by atoms with E-state index < -0.39 is 5.82 Å². The summed E-state index contributed by atoms with van der Waals surface area (Å²) in [4.78, 5) is 30.8. The summed E-state index contributed by atoms with van der Waals surface area (Å²) in [5.74, 6) is -0.258. The van der Waals surface area contributed by atoms with Crippen LogP contribution in [0, 0.1) is 11.7 Å². The molecule has 0 aliphatic carbocycles. The fraction of sp³-hybridized carbons (Fsp3) is 0.565.